The SMILES string of the molecule is [NH3+]C1CCN(C(=O)Oc2ccc(C3CCCC4(C3)OOC3(O4)C4CC5CC3CC(NC(=O)CCCNC(=O)c3ccc(F)cc3)(C5)C4)cc2)CC1. The quantitative estimate of drug-likeness (QED) is 0.260. The standard InChI is InChI=1S/C39H49FN4O7/c40-31-9-5-27(6-10-31)35(46)42-16-2-4-34(45)43-37-21-25-19-29(23-37)39(30(20-25)24-37)49-38(50-51-39)15-1-3-28(22-38)26-7-11-33(12-8-26)48-36(47)44-17-13-32(41)14-18-44/h5-12,25,28-30,32H,1-4,13-24,41H2,(H,42,46)(H,43,45)/p+1. The fraction of sp³-hybridized carbons (Fsp3) is 0.615. The number of halogens is 1. The average Bonchev–Trinajstić information content (AvgIpc) is 3.48. The average molecular weight is 706 g/mol. The molecule has 11 nitrogen and oxygen atoms in total. The smallest absolute Gasteiger partial charge is 0.410 e. The molecule has 51 heavy (non-hydrogen) atoms. The van der Waals surface area contributed by atoms with E-state index in [9.17, 15) is 18.8 Å². The van der Waals surface area contributed by atoms with E-state index in [4.69, 9.17) is 19.2 Å². The number of hydrogen-bond donors (Lipinski definition) is 3. The third-order valence-electron chi connectivity index (χ3n) is 12.5. The van der Waals surface area contributed by atoms with Gasteiger partial charge in [0.05, 0.1) is 6.04 Å². The van der Waals surface area contributed by atoms with Gasteiger partial charge < -0.3 is 30.7 Å². The molecule has 3 amide bonds. The van der Waals surface area contributed by atoms with Crippen molar-refractivity contribution in [2.45, 2.75) is 113 Å². The first-order valence-corrected chi connectivity index (χ1v) is 18.9. The third-order valence-corrected chi connectivity index (χ3v) is 12.5. The summed E-state index contributed by atoms with van der Waals surface area (Å²) in [4.78, 5) is 52.6. The molecule has 4 bridgehead atoms. The van der Waals surface area contributed by atoms with Crippen LogP contribution in [0.1, 0.15) is 105 Å². The zero-order valence-electron chi connectivity index (χ0n) is 29.2. The first-order valence-electron chi connectivity index (χ1n) is 18.9. The number of piperidine rings is 1. The molecule has 5 N–H and O–H groups in total. The predicted octanol–water partition coefficient (Wildman–Crippen LogP) is 4.96. The van der Waals surface area contributed by atoms with Crippen LogP contribution >= 0.6 is 0 Å². The number of carbonyl (C=O) groups excluding carboxylic acids is 3. The first-order chi connectivity index (χ1) is 24.6. The largest absolute Gasteiger partial charge is 0.415 e. The van der Waals surface area contributed by atoms with Gasteiger partial charge in [0.2, 0.25) is 17.5 Å². The number of hydrogen-bond acceptors (Lipinski definition) is 7. The molecule has 7 aliphatic rings. The number of nitrogens with one attached hydrogen (secondary N) is 2. The van der Waals surface area contributed by atoms with Gasteiger partial charge in [-0.05, 0) is 105 Å². The Labute approximate surface area is 298 Å². The predicted molar refractivity (Wildman–Crippen MR) is 182 cm³/mol. The molecule has 0 radical (unpaired) electrons. The molecule has 2 heterocycles. The molecule has 4 atom stereocenters. The number of quaternary nitrogens is 1. The maximum Gasteiger partial charge on any atom is 0.415 e. The van der Waals surface area contributed by atoms with Crippen LogP contribution in [0.2, 0.25) is 0 Å². The van der Waals surface area contributed by atoms with Gasteiger partial charge >= 0.3 is 6.09 Å². The molecule has 5 saturated carbocycles. The van der Waals surface area contributed by atoms with Crippen molar-refractivity contribution < 1.29 is 43.8 Å². The zero-order valence-corrected chi connectivity index (χ0v) is 29.2. The summed E-state index contributed by atoms with van der Waals surface area (Å²) >= 11 is 0. The Kier molecular flexibility index (Phi) is 9.31. The Balaban J connectivity index is 0.845. The summed E-state index contributed by atoms with van der Waals surface area (Å²) in [7, 11) is 0. The molecule has 2 aromatic carbocycles. The van der Waals surface area contributed by atoms with Gasteiger partial charge in [-0.15, -0.1) is 0 Å². The van der Waals surface area contributed by atoms with E-state index in [-0.39, 0.29) is 47.0 Å². The second-order valence-electron chi connectivity index (χ2n) is 16.1. The lowest BCUT2D eigenvalue weighted by atomic mass is 9.50. The van der Waals surface area contributed by atoms with Gasteiger partial charge in [-0.3, -0.25) is 9.59 Å². The highest BCUT2D eigenvalue weighted by molar-refractivity contribution is 5.94. The lowest BCUT2D eigenvalue weighted by molar-refractivity contribution is -0.425. The molecule has 0 aromatic heterocycles. The van der Waals surface area contributed by atoms with Crippen molar-refractivity contribution in [2.75, 3.05) is 19.6 Å². The van der Waals surface area contributed by atoms with E-state index in [0.29, 0.717) is 62.2 Å². The van der Waals surface area contributed by atoms with E-state index in [1.165, 1.54) is 29.8 Å². The lowest BCUT2D eigenvalue weighted by Gasteiger charge is -2.62. The van der Waals surface area contributed by atoms with Gasteiger partial charge in [0, 0.05) is 74.7 Å². The highest BCUT2D eigenvalue weighted by Crippen LogP contribution is 2.65. The maximum atomic E-state index is 13.2. The number of amides is 3. The van der Waals surface area contributed by atoms with Gasteiger partial charge in [-0.2, -0.15) is 9.78 Å². The van der Waals surface area contributed by atoms with Crippen LogP contribution < -0.4 is 21.1 Å². The van der Waals surface area contributed by atoms with Crippen molar-refractivity contribution in [3.05, 3.63) is 65.5 Å². The topological polar surface area (TPSA) is 143 Å². The lowest BCUT2D eigenvalue weighted by Crippen LogP contribution is -2.69. The molecule has 5 aliphatic carbocycles. The molecule has 4 unspecified atom stereocenters. The summed E-state index contributed by atoms with van der Waals surface area (Å²) < 4.78 is 25.9. The number of ether oxygens (including phenoxy) is 2. The highest BCUT2D eigenvalue weighted by Gasteiger charge is 2.70. The van der Waals surface area contributed by atoms with Gasteiger partial charge in [-0.1, -0.05) is 12.1 Å². The summed E-state index contributed by atoms with van der Waals surface area (Å²) in [5.74, 6) is -0.728. The molecule has 12 heteroatoms. The van der Waals surface area contributed by atoms with Crippen LogP contribution in [0.5, 0.6) is 5.75 Å². The molecule has 2 saturated heterocycles. The fourth-order valence-corrected chi connectivity index (χ4v) is 10.1. The van der Waals surface area contributed by atoms with Gasteiger partial charge in [0.25, 0.3) is 5.91 Å². The van der Waals surface area contributed by atoms with Crippen molar-refractivity contribution in [3.63, 3.8) is 0 Å². The van der Waals surface area contributed by atoms with Crippen LogP contribution in [0.15, 0.2) is 48.5 Å². The fourth-order valence-electron chi connectivity index (χ4n) is 10.1. The second-order valence-corrected chi connectivity index (χ2v) is 16.1. The van der Waals surface area contributed by atoms with Crippen molar-refractivity contribution in [3.8, 4) is 5.75 Å². The Morgan fingerprint density at radius 2 is 1.65 bits per heavy atom. The number of likely N-dealkylation sites (tertiary alicyclic amines) is 1. The van der Waals surface area contributed by atoms with Crippen LogP contribution in [-0.2, 0) is 19.3 Å². The molecule has 7 fully saturated rings. The third kappa shape index (κ3) is 7.00. The van der Waals surface area contributed by atoms with Gasteiger partial charge in [-0.25, -0.2) is 9.18 Å². The van der Waals surface area contributed by atoms with Crippen LogP contribution in [0, 0.1) is 23.6 Å². The minimum absolute atomic E-state index is 0.00223. The first kappa shape index (κ1) is 34.5. The van der Waals surface area contributed by atoms with E-state index < -0.39 is 11.6 Å². The Morgan fingerprint density at radius 1 is 0.922 bits per heavy atom. The summed E-state index contributed by atoms with van der Waals surface area (Å²) in [6.07, 6.45) is 10.3. The van der Waals surface area contributed by atoms with E-state index in [0.717, 1.165) is 64.2 Å². The molecular weight excluding hydrogens is 655 g/mol. The minimum Gasteiger partial charge on any atom is -0.410 e. The van der Waals surface area contributed by atoms with Crippen LogP contribution in [0.3, 0.4) is 0 Å². The maximum absolute atomic E-state index is 13.2. The number of carbonyl (C=O) groups is 3. The molecule has 2 spiro atoms. The molecule has 2 aliphatic heterocycles. The van der Waals surface area contributed by atoms with E-state index in [2.05, 4.69) is 28.5 Å². The highest BCUT2D eigenvalue weighted by atomic mass is 19.1. The second kappa shape index (κ2) is 13.8. The summed E-state index contributed by atoms with van der Waals surface area (Å²) in [6.45, 7) is 1.73. The molecule has 9 rings (SSSR count). The summed E-state index contributed by atoms with van der Waals surface area (Å²) in [6, 6.07) is 13.7. The van der Waals surface area contributed by atoms with E-state index in [1.54, 1.807) is 4.90 Å². The zero-order chi connectivity index (χ0) is 35.2. The van der Waals surface area contributed by atoms with Crippen molar-refractivity contribution >= 4 is 17.9 Å². The number of benzene rings is 2. The van der Waals surface area contributed by atoms with Crippen LogP contribution in [0.4, 0.5) is 9.18 Å². The summed E-state index contributed by atoms with van der Waals surface area (Å²) in [5, 5.41) is 6.23. The van der Waals surface area contributed by atoms with Crippen LogP contribution in [-0.4, -0.2) is 65.6 Å². The summed E-state index contributed by atoms with van der Waals surface area (Å²) in [5.41, 5.74) is 5.39. The Bertz CT molecular complexity index is 1600. The van der Waals surface area contributed by atoms with Crippen molar-refractivity contribution in [1.29, 1.82) is 0 Å². The van der Waals surface area contributed by atoms with E-state index >= 15 is 0 Å². The number of nitrogens with zero attached hydrogens (tertiary/aromatic N) is 1. The van der Waals surface area contributed by atoms with Crippen LogP contribution in [0.25, 0.3) is 0 Å². The molecule has 2 aromatic rings. The monoisotopic (exact) mass is 705 g/mol. The Hall–Kier alpha value is -3.58. The number of rotatable bonds is 8. The van der Waals surface area contributed by atoms with Gasteiger partial charge in [0.15, 0.2) is 0 Å². The minimum atomic E-state index is -0.807. The molecular formula is C39H50FN4O7+. The van der Waals surface area contributed by atoms with Gasteiger partial charge in [0.1, 0.15) is 11.6 Å². The van der Waals surface area contributed by atoms with E-state index in [1.807, 2.05) is 12.1 Å². The molecule has 274 valence electrons. The van der Waals surface area contributed by atoms with Crippen molar-refractivity contribution in [1.82, 2.24) is 15.5 Å². The van der Waals surface area contributed by atoms with Crippen molar-refractivity contribution in [2.24, 2.45) is 17.8 Å². The Morgan fingerprint density at radius 3 is 2.37 bits per heavy atom. The normalized spacial score (nSPS) is 34.2.